The predicted octanol–water partition coefficient (Wildman–Crippen LogP) is 3.48. The Morgan fingerprint density at radius 1 is 1.18 bits per heavy atom. The minimum Gasteiger partial charge on any atom is -0.395 e. The summed E-state index contributed by atoms with van der Waals surface area (Å²) in [5, 5.41) is 13.8. The molecule has 0 unspecified atom stereocenters. The van der Waals surface area contributed by atoms with Crippen LogP contribution < -0.4 is 10.9 Å². The van der Waals surface area contributed by atoms with Crippen LogP contribution in [0.2, 0.25) is 0 Å². The van der Waals surface area contributed by atoms with Gasteiger partial charge in [0.2, 0.25) is 0 Å². The number of aliphatic hydroxyl groups excluding tert-OH is 1. The highest BCUT2D eigenvalue weighted by atomic mass is 32.1. The van der Waals surface area contributed by atoms with Crippen LogP contribution in [0, 0.1) is 19.7 Å². The summed E-state index contributed by atoms with van der Waals surface area (Å²) in [6.07, 6.45) is 0. The molecule has 3 N–H and O–H groups in total. The Labute approximate surface area is 167 Å². The summed E-state index contributed by atoms with van der Waals surface area (Å²) in [6.45, 7) is 4.34. The first-order valence-electron chi connectivity index (χ1n) is 8.93. The summed E-state index contributed by atoms with van der Waals surface area (Å²) < 4.78 is 13.1. The van der Waals surface area contributed by atoms with Crippen LogP contribution in [0.3, 0.4) is 0 Å². The Hall–Kier alpha value is -2.77. The van der Waals surface area contributed by atoms with Crippen molar-refractivity contribution in [2.24, 2.45) is 0 Å². The Morgan fingerprint density at radius 3 is 2.54 bits per heavy atom. The number of hydrogen-bond donors (Lipinski definition) is 3. The van der Waals surface area contributed by atoms with Gasteiger partial charge in [0, 0.05) is 23.2 Å². The normalized spacial score (nSPS) is 10.9. The quantitative estimate of drug-likeness (QED) is 0.573. The number of nitrogens with one attached hydrogen (secondary N) is 2. The third-order valence-corrected chi connectivity index (χ3v) is 4.99. The smallest absolute Gasteiger partial charge is 0.253 e. The molecule has 0 saturated carbocycles. The molecule has 2 aromatic carbocycles. The molecule has 0 spiro atoms. The van der Waals surface area contributed by atoms with Crippen LogP contribution in [0.5, 0.6) is 0 Å². The molecule has 7 heteroatoms. The summed E-state index contributed by atoms with van der Waals surface area (Å²) in [7, 11) is 0. The zero-order valence-electron chi connectivity index (χ0n) is 15.8. The topological polar surface area (TPSA) is 68.4 Å². The predicted molar refractivity (Wildman–Crippen MR) is 114 cm³/mol. The Balaban J connectivity index is 1.88. The van der Waals surface area contributed by atoms with Gasteiger partial charge in [-0.3, -0.25) is 4.79 Å². The van der Waals surface area contributed by atoms with Crippen LogP contribution in [0.25, 0.3) is 10.9 Å². The van der Waals surface area contributed by atoms with Gasteiger partial charge >= 0.3 is 0 Å². The SMILES string of the molecule is Cc1ccc(C)c2[nH]c(=O)c(CN(CCO)C(=S)Nc3ccc(F)cc3)cc12. The van der Waals surface area contributed by atoms with E-state index in [1.165, 1.54) is 12.1 Å². The lowest BCUT2D eigenvalue weighted by Crippen LogP contribution is -2.37. The van der Waals surface area contributed by atoms with E-state index < -0.39 is 0 Å². The fourth-order valence-electron chi connectivity index (χ4n) is 3.05. The number of hydrogen-bond acceptors (Lipinski definition) is 3. The molecule has 0 aliphatic carbocycles. The van der Waals surface area contributed by atoms with Crippen LogP contribution in [-0.4, -0.2) is 33.3 Å². The minimum absolute atomic E-state index is 0.116. The molecule has 28 heavy (non-hydrogen) atoms. The highest BCUT2D eigenvalue weighted by Gasteiger charge is 2.14. The number of pyridine rings is 1. The summed E-state index contributed by atoms with van der Waals surface area (Å²) in [6, 6.07) is 11.7. The Bertz CT molecular complexity index is 1060. The van der Waals surface area contributed by atoms with Gasteiger partial charge in [-0.05, 0) is 67.5 Å². The largest absolute Gasteiger partial charge is 0.395 e. The van der Waals surface area contributed by atoms with Gasteiger partial charge in [-0.2, -0.15) is 0 Å². The van der Waals surface area contributed by atoms with Crippen molar-refractivity contribution in [3.63, 3.8) is 0 Å². The molecule has 1 heterocycles. The molecule has 3 rings (SSSR count). The van der Waals surface area contributed by atoms with Gasteiger partial charge in [0.15, 0.2) is 5.11 Å². The zero-order valence-corrected chi connectivity index (χ0v) is 16.6. The highest BCUT2D eigenvalue weighted by Crippen LogP contribution is 2.20. The molecule has 0 radical (unpaired) electrons. The number of halogens is 1. The Kier molecular flexibility index (Phi) is 6.06. The van der Waals surface area contributed by atoms with Crippen molar-refractivity contribution < 1.29 is 9.50 Å². The number of rotatable bonds is 5. The number of benzene rings is 2. The molecule has 5 nitrogen and oxygen atoms in total. The number of thiocarbonyl (C=S) groups is 1. The van der Waals surface area contributed by atoms with E-state index in [-0.39, 0.29) is 31.1 Å². The number of nitrogens with zero attached hydrogens (tertiary/aromatic N) is 1. The van der Waals surface area contributed by atoms with Crippen LogP contribution >= 0.6 is 12.2 Å². The molecular weight excluding hydrogens is 377 g/mol. The van der Waals surface area contributed by atoms with Crippen molar-refractivity contribution in [2.45, 2.75) is 20.4 Å². The molecule has 0 bridgehead atoms. The number of aromatic amines is 1. The van der Waals surface area contributed by atoms with Crippen molar-refractivity contribution in [1.82, 2.24) is 9.88 Å². The molecule has 0 saturated heterocycles. The number of fused-ring (bicyclic) bond motifs is 1. The molecule has 3 aromatic rings. The second-order valence-corrected chi connectivity index (χ2v) is 7.08. The molecule has 0 aliphatic heterocycles. The monoisotopic (exact) mass is 399 g/mol. The maximum absolute atomic E-state index is 13.1. The first kappa shape index (κ1) is 20.0. The summed E-state index contributed by atoms with van der Waals surface area (Å²) in [5.41, 5.74) is 3.90. The maximum Gasteiger partial charge on any atom is 0.253 e. The summed E-state index contributed by atoms with van der Waals surface area (Å²) >= 11 is 5.44. The van der Waals surface area contributed by atoms with Crippen LogP contribution in [0.4, 0.5) is 10.1 Å². The maximum atomic E-state index is 13.1. The van der Waals surface area contributed by atoms with Crippen molar-refractivity contribution in [3.8, 4) is 0 Å². The average Bonchev–Trinajstić information content (AvgIpc) is 2.67. The lowest BCUT2D eigenvalue weighted by molar-refractivity contribution is 0.248. The van der Waals surface area contributed by atoms with Gasteiger partial charge in [0.05, 0.1) is 18.7 Å². The fraction of sp³-hybridized carbons (Fsp3) is 0.238. The number of aryl methyl sites for hydroxylation is 2. The van der Waals surface area contributed by atoms with E-state index in [0.29, 0.717) is 16.4 Å². The van der Waals surface area contributed by atoms with Crippen LogP contribution in [0.15, 0.2) is 47.3 Å². The van der Waals surface area contributed by atoms with E-state index in [4.69, 9.17) is 12.2 Å². The van der Waals surface area contributed by atoms with Crippen molar-refractivity contribution in [3.05, 3.63) is 75.3 Å². The molecule has 0 aliphatic rings. The van der Waals surface area contributed by atoms with E-state index in [1.54, 1.807) is 17.0 Å². The van der Waals surface area contributed by atoms with Gasteiger partial charge in [-0.25, -0.2) is 4.39 Å². The molecule has 1 aromatic heterocycles. The number of anilines is 1. The van der Waals surface area contributed by atoms with E-state index in [9.17, 15) is 14.3 Å². The number of aliphatic hydroxyl groups is 1. The average molecular weight is 399 g/mol. The zero-order chi connectivity index (χ0) is 20.3. The van der Waals surface area contributed by atoms with Gasteiger partial charge < -0.3 is 20.3 Å². The third kappa shape index (κ3) is 4.37. The fourth-order valence-corrected chi connectivity index (χ4v) is 3.32. The van der Waals surface area contributed by atoms with Gasteiger partial charge in [-0.15, -0.1) is 0 Å². The first-order valence-corrected chi connectivity index (χ1v) is 9.34. The Morgan fingerprint density at radius 2 is 1.86 bits per heavy atom. The van der Waals surface area contributed by atoms with Gasteiger partial charge in [0.25, 0.3) is 5.56 Å². The standard InChI is InChI=1S/C21H22FN3O2S/c1-13-3-4-14(2)19-18(13)11-15(20(27)24-19)12-25(9-10-26)21(28)23-17-7-5-16(22)6-8-17/h3-8,11,26H,9-10,12H2,1-2H3,(H,23,28)(H,24,27). The lowest BCUT2D eigenvalue weighted by atomic mass is 10.0. The van der Waals surface area contributed by atoms with E-state index >= 15 is 0 Å². The second-order valence-electron chi connectivity index (χ2n) is 6.69. The molecule has 0 amide bonds. The minimum atomic E-state index is -0.336. The van der Waals surface area contributed by atoms with Gasteiger partial charge in [-0.1, -0.05) is 12.1 Å². The second kappa shape index (κ2) is 8.50. The van der Waals surface area contributed by atoms with E-state index in [0.717, 1.165) is 22.0 Å². The third-order valence-electron chi connectivity index (χ3n) is 4.63. The van der Waals surface area contributed by atoms with E-state index in [1.807, 2.05) is 32.0 Å². The molecule has 146 valence electrons. The molecule has 0 atom stereocenters. The highest BCUT2D eigenvalue weighted by molar-refractivity contribution is 7.80. The lowest BCUT2D eigenvalue weighted by Gasteiger charge is -2.25. The van der Waals surface area contributed by atoms with Crippen molar-refractivity contribution in [2.75, 3.05) is 18.5 Å². The van der Waals surface area contributed by atoms with Crippen molar-refractivity contribution in [1.29, 1.82) is 0 Å². The summed E-state index contributed by atoms with van der Waals surface area (Å²) in [5.74, 6) is -0.336. The van der Waals surface area contributed by atoms with Crippen LogP contribution in [-0.2, 0) is 6.54 Å². The van der Waals surface area contributed by atoms with Crippen molar-refractivity contribution >= 4 is 33.9 Å². The molecule has 0 fully saturated rings. The number of H-pyrrole nitrogens is 1. The molecular formula is C21H22FN3O2S. The number of aromatic nitrogens is 1. The van der Waals surface area contributed by atoms with Gasteiger partial charge in [0.1, 0.15) is 5.82 Å². The van der Waals surface area contributed by atoms with Crippen LogP contribution in [0.1, 0.15) is 16.7 Å². The summed E-state index contributed by atoms with van der Waals surface area (Å²) in [4.78, 5) is 17.3. The first-order chi connectivity index (χ1) is 13.4. The van der Waals surface area contributed by atoms with E-state index in [2.05, 4.69) is 10.3 Å².